The number of hydrogen-bond donors (Lipinski definition) is 1. The number of rotatable bonds is 7. The van der Waals surface area contributed by atoms with E-state index in [1.165, 1.54) is 12.0 Å². The monoisotopic (exact) mass is 382 g/mol. The van der Waals surface area contributed by atoms with E-state index >= 15 is 0 Å². The van der Waals surface area contributed by atoms with Crippen LogP contribution in [-0.2, 0) is 19.1 Å². The van der Waals surface area contributed by atoms with Gasteiger partial charge in [-0.1, -0.05) is 33.1 Å². The molecule has 1 aliphatic heterocycles. The molecule has 27 heavy (non-hydrogen) atoms. The van der Waals surface area contributed by atoms with Gasteiger partial charge in [-0.3, -0.25) is 14.4 Å². The zero-order valence-corrected chi connectivity index (χ0v) is 16.9. The number of carbonyl (C=O) groups excluding carboxylic acids is 3. The number of carbonyl (C=O) groups is 3. The Kier molecular flexibility index (Phi) is 7.65. The lowest BCUT2D eigenvalue weighted by Crippen LogP contribution is -2.61. The van der Waals surface area contributed by atoms with Gasteiger partial charge >= 0.3 is 5.97 Å². The van der Waals surface area contributed by atoms with E-state index in [0.29, 0.717) is 38.3 Å². The van der Waals surface area contributed by atoms with Gasteiger partial charge in [0.25, 0.3) is 0 Å². The van der Waals surface area contributed by atoms with Crippen molar-refractivity contribution in [3.05, 3.63) is 0 Å². The maximum absolute atomic E-state index is 13.1. The van der Waals surface area contributed by atoms with Crippen LogP contribution in [0.15, 0.2) is 0 Å². The van der Waals surface area contributed by atoms with E-state index in [0.717, 1.165) is 25.7 Å². The van der Waals surface area contributed by atoms with Gasteiger partial charge in [0.15, 0.2) is 0 Å². The second kappa shape index (κ2) is 9.53. The smallest absolute Gasteiger partial charge is 0.325 e. The minimum absolute atomic E-state index is 0.0424. The predicted octanol–water partition coefficient (Wildman–Crippen LogP) is 1.72. The summed E-state index contributed by atoms with van der Waals surface area (Å²) in [5.74, 6) is -0.368. The van der Waals surface area contributed by atoms with Crippen LogP contribution in [0, 0.1) is 5.92 Å². The molecule has 0 aromatic carbocycles. The minimum atomic E-state index is -0.913. The fraction of sp³-hybridized carbons (Fsp3) is 0.850. The van der Waals surface area contributed by atoms with Crippen LogP contribution >= 0.6 is 0 Å². The Morgan fingerprint density at radius 2 is 1.89 bits per heavy atom. The van der Waals surface area contributed by atoms with E-state index in [1.54, 1.807) is 4.90 Å². The third-order valence-electron chi connectivity index (χ3n) is 5.74. The van der Waals surface area contributed by atoms with Crippen LogP contribution in [0.3, 0.4) is 0 Å². The molecule has 2 aliphatic rings. The molecule has 154 valence electrons. The first-order valence-corrected chi connectivity index (χ1v) is 10.1. The molecule has 0 bridgehead atoms. The Morgan fingerprint density at radius 3 is 2.48 bits per heavy atom. The Morgan fingerprint density at radius 1 is 1.22 bits per heavy atom. The molecule has 2 rings (SSSR count). The van der Waals surface area contributed by atoms with Crippen LogP contribution in [0.25, 0.3) is 0 Å². The quantitative estimate of drug-likeness (QED) is 0.678. The molecule has 1 atom stereocenters. The highest BCUT2D eigenvalue weighted by Crippen LogP contribution is 2.34. The van der Waals surface area contributed by atoms with E-state index in [-0.39, 0.29) is 24.8 Å². The lowest BCUT2D eigenvalue weighted by Gasteiger charge is -2.44. The van der Waals surface area contributed by atoms with Crippen molar-refractivity contribution < 1.29 is 24.2 Å². The predicted molar refractivity (Wildman–Crippen MR) is 101 cm³/mol. The molecule has 0 aromatic rings. The van der Waals surface area contributed by atoms with E-state index < -0.39 is 17.6 Å². The molecule has 0 radical (unpaired) electrons. The first kappa shape index (κ1) is 21.7. The summed E-state index contributed by atoms with van der Waals surface area (Å²) in [5, 5.41) is 11.0. The average Bonchev–Trinajstić information content (AvgIpc) is 2.63. The Hall–Kier alpha value is -1.63. The Bertz CT molecular complexity index is 542. The van der Waals surface area contributed by atoms with Crippen LogP contribution in [0.4, 0.5) is 0 Å². The average molecular weight is 383 g/mol. The summed E-state index contributed by atoms with van der Waals surface area (Å²) in [4.78, 5) is 40.5. The normalized spacial score (nSPS) is 22.9. The standard InChI is InChI=1S/C20H34N2O5/c1-15(2)7-8-17(23)22-12-11-21(14-18(24)27-3)19(25)16(22)13-20(26)9-5-4-6-10-20/h15-16,26H,4-14H2,1-3H3. The maximum Gasteiger partial charge on any atom is 0.325 e. The molecule has 0 spiro atoms. The van der Waals surface area contributed by atoms with Crippen molar-refractivity contribution in [1.29, 1.82) is 0 Å². The van der Waals surface area contributed by atoms with Gasteiger partial charge < -0.3 is 19.6 Å². The van der Waals surface area contributed by atoms with Gasteiger partial charge in [-0.15, -0.1) is 0 Å². The van der Waals surface area contributed by atoms with Crippen molar-refractivity contribution in [2.75, 3.05) is 26.7 Å². The third-order valence-corrected chi connectivity index (χ3v) is 5.74. The summed E-state index contributed by atoms with van der Waals surface area (Å²) in [6.45, 7) is 4.72. The summed E-state index contributed by atoms with van der Waals surface area (Å²) < 4.78 is 4.68. The van der Waals surface area contributed by atoms with E-state index in [2.05, 4.69) is 18.6 Å². The zero-order chi connectivity index (χ0) is 20.0. The number of esters is 1. The molecule has 1 N–H and O–H groups in total. The van der Waals surface area contributed by atoms with E-state index in [1.807, 2.05) is 0 Å². The van der Waals surface area contributed by atoms with Gasteiger partial charge in [0.05, 0.1) is 12.7 Å². The third kappa shape index (κ3) is 5.92. The highest BCUT2D eigenvalue weighted by atomic mass is 16.5. The number of nitrogens with zero attached hydrogens (tertiary/aromatic N) is 2. The lowest BCUT2D eigenvalue weighted by atomic mass is 9.79. The van der Waals surface area contributed by atoms with Crippen molar-refractivity contribution in [2.24, 2.45) is 5.92 Å². The van der Waals surface area contributed by atoms with Crippen molar-refractivity contribution in [3.63, 3.8) is 0 Å². The van der Waals surface area contributed by atoms with Gasteiger partial charge in [0, 0.05) is 25.9 Å². The van der Waals surface area contributed by atoms with Crippen LogP contribution < -0.4 is 0 Å². The van der Waals surface area contributed by atoms with Crippen molar-refractivity contribution in [2.45, 2.75) is 76.9 Å². The second-order valence-electron chi connectivity index (χ2n) is 8.36. The first-order chi connectivity index (χ1) is 12.8. The highest BCUT2D eigenvalue weighted by molar-refractivity contribution is 5.91. The van der Waals surface area contributed by atoms with Gasteiger partial charge in [-0.05, 0) is 25.2 Å². The molecule has 1 heterocycles. The Balaban J connectivity index is 2.15. The first-order valence-electron chi connectivity index (χ1n) is 10.1. The number of piperazine rings is 1. The van der Waals surface area contributed by atoms with Crippen LogP contribution in [0.5, 0.6) is 0 Å². The largest absolute Gasteiger partial charge is 0.468 e. The summed E-state index contributed by atoms with van der Waals surface area (Å²) in [6.07, 6.45) is 5.69. The van der Waals surface area contributed by atoms with Crippen molar-refractivity contribution in [1.82, 2.24) is 9.80 Å². The highest BCUT2D eigenvalue weighted by Gasteiger charge is 2.43. The van der Waals surface area contributed by atoms with Gasteiger partial charge in [-0.2, -0.15) is 0 Å². The number of aliphatic hydroxyl groups is 1. The summed E-state index contributed by atoms with van der Waals surface area (Å²) in [7, 11) is 1.29. The number of ether oxygens (including phenoxy) is 1. The fourth-order valence-electron chi connectivity index (χ4n) is 4.04. The minimum Gasteiger partial charge on any atom is -0.468 e. The topological polar surface area (TPSA) is 87.2 Å². The van der Waals surface area contributed by atoms with E-state index in [4.69, 9.17) is 0 Å². The van der Waals surface area contributed by atoms with Gasteiger partial charge in [0.1, 0.15) is 12.6 Å². The fourth-order valence-corrected chi connectivity index (χ4v) is 4.04. The molecule has 1 aliphatic carbocycles. The molecular weight excluding hydrogens is 348 g/mol. The van der Waals surface area contributed by atoms with Gasteiger partial charge in [0.2, 0.25) is 11.8 Å². The number of amides is 2. The SMILES string of the molecule is COC(=O)CN1CCN(C(=O)CCC(C)C)C(CC2(O)CCCCC2)C1=O. The molecule has 0 aromatic heterocycles. The van der Waals surface area contributed by atoms with Crippen LogP contribution in [-0.4, -0.2) is 71.1 Å². The van der Waals surface area contributed by atoms with E-state index in [9.17, 15) is 19.5 Å². The van der Waals surface area contributed by atoms with Gasteiger partial charge in [-0.25, -0.2) is 0 Å². The molecule has 2 amide bonds. The van der Waals surface area contributed by atoms with Crippen molar-refractivity contribution in [3.8, 4) is 0 Å². The molecule has 1 unspecified atom stereocenters. The maximum atomic E-state index is 13.1. The van der Waals surface area contributed by atoms with Crippen LogP contribution in [0.2, 0.25) is 0 Å². The van der Waals surface area contributed by atoms with Crippen molar-refractivity contribution >= 4 is 17.8 Å². The van der Waals surface area contributed by atoms with Crippen LogP contribution in [0.1, 0.15) is 65.2 Å². The molecule has 1 saturated carbocycles. The molecule has 7 heteroatoms. The molecule has 1 saturated heterocycles. The summed E-state index contributed by atoms with van der Waals surface area (Å²) in [5.41, 5.74) is -0.913. The number of hydrogen-bond acceptors (Lipinski definition) is 5. The second-order valence-corrected chi connectivity index (χ2v) is 8.36. The molecular formula is C20H34N2O5. The summed E-state index contributed by atoms with van der Waals surface area (Å²) >= 11 is 0. The lowest BCUT2D eigenvalue weighted by molar-refractivity contribution is -0.159. The zero-order valence-electron chi connectivity index (χ0n) is 16.9. The molecule has 7 nitrogen and oxygen atoms in total. The summed E-state index contributed by atoms with van der Waals surface area (Å²) in [6, 6.07) is -0.703. The molecule has 2 fully saturated rings. The number of methoxy groups -OCH3 is 1. The Labute approximate surface area is 162 Å².